The molecule has 0 spiro atoms. The molecule has 44 heavy (non-hydrogen) atoms. The van der Waals surface area contributed by atoms with Crippen molar-refractivity contribution in [1.82, 2.24) is 5.32 Å². The standard InChI is InChI=1S/C23H31ClN4O2.2C2HF3O2/c1-16(29)7-4-3-5-10-20(27-23(30)18-11-12-28(2)15-18)22-25-14-21(26-22)17-8-6-9-19(24)13-17;2*3-2(4,5)1(6)7/h6,8-9,13-14,18,20H,3-5,7,10-12,15H2,1-2H3,(H,25,26)(H,27,30);2*(H,6,7)/t18-,20+;;/m1../s1. The minimum atomic E-state index is -5.19. The molecule has 0 aromatic heterocycles. The van der Waals surface area contributed by atoms with E-state index in [0.717, 1.165) is 62.3 Å². The molecule has 3 rings (SSSR count). The molecule has 4 N–H and O–H groups in total. The van der Waals surface area contributed by atoms with E-state index in [1.165, 1.54) is 4.90 Å². The number of alkyl halides is 6. The molecule has 1 amide bonds. The molecule has 1 aromatic carbocycles. The summed E-state index contributed by atoms with van der Waals surface area (Å²) in [4.78, 5) is 47.6. The molecular formula is C27H33ClF6N4O6. The SMILES string of the molecule is CC(=O)CCCCC[C@H](NC(=O)[C@@H]1CC[NH+](C)C1)C1=NC=C(c2cccc(Cl)c2)[NH2+]1.O=C([O-])C(F)(F)F.O=C([O-])C(F)(F)F. The number of halogens is 7. The first-order valence-corrected chi connectivity index (χ1v) is 13.7. The Hall–Kier alpha value is -3.50. The van der Waals surface area contributed by atoms with Crippen molar-refractivity contribution in [3.05, 3.63) is 41.1 Å². The summed E-state index contributed by atoms with van der Waals surface area (Å²) in [5, 5.41) is 23.6. The molecule has 10 nitrogen and oxygen atoms in total. The van der Waals surface area contributed by atoms with E-state index in [4.69, 9.17) is 31.4 Å². The van der Waals surface area contributed by atoms with E-state index in [-0.39, 0.29) is 23.7 Å². The van der Waals surface area contributed by atoms with Gasteiger partial charge in [-0.2, -0.15) is 26.3 Å². The predicted octanol–water partition coefficient (Wildman–Crippen LogP) is -0.230. The van der Waals surface area contributed by atoms with E-state index in [2.05, 4.69) is 22.7 Å². The lowest BCUT2D eigenvalue weighted by atomic mass is 10.0. The highest BCUT2D eigenvalue weighted by molar-refractivity contribution is 6.30. The van der Waals surface area contributed by atoms with Crippen molar-refractivity contribution in [1.29, 1.82) is 0 Å². The predicted molar refractivity (Wildman–Crippen MR) is 141 cm³/mol. The second kappa shape index (κ2) is 17.7. The van der Waals surface area contributed by atoms with Crippen molar-refractivity contribution in [2.45, 2.75) is 63.8 Å². The van der Waals surface area contributed by atoms with Crippen molar-refractivity contribution in [2.24, 2.45) is 10.9 Å². The first-order valence-electron chi connectivity index (χ1n) is 13.4. The Kier molecular flexibility index (Phi) is 15.5. The summed E-state index contributed by atoms with van der Waals surface area (Å²) in [6.45, 7) is 3.57. The van der Waals surface area contributed by atoms with Crippen LogP contribution in [0.3, 0.4) is 0 Å². The normalized spacial score (nSPS) is 18.5. The fraction of sp³-hybridized carbons (Fsp3) is 0.519. The first kappa shape index (κ1) is 38.5. The number of likely N-dealkylation sites (tertiary alicyclic amines) is 1. The van der Waals surface area contributed by atoms with Crippen LogP contribution < -0.4 is 25.7 Å². The summed E-state index contributed by atoms with van der Waals surface area (Å²) < 4.78 is 63.1. The van der Waals surface area contributed by atoms with Crippen molar-refractivity contribution in [3.8, 4) is 0 Å². The van der Waals surface area contributed by atoms with Gasteiger partial charge in [-0.1, -0.05) is 30.5 Å². The second-order valence-corrected chi connectivity index (χ2v) is 10.6. The average molecular weight is 659 g/mol. The number of nitrogens with one attached hydrogen (secondary N) is 2. The van der Waals surface area contributed by atoms with Crippen LogP contribution in [-0.2, 0) is 19.2 Å². The summed E-state index contributed by atoms with van der Waals surface area (Å²) >= 11 is 6.13. The minimum Gasteiger partial charge on any atom is -0.542 e. The molecule has 0 aliphatic carbocycles. The number of carboxylic acids is 2. The van der Waals surface area contributed by atoms with Crippen LogP contribution in [-0.4, -0.2) is 68.0 Å². The highest BCUT2D eigenvalue weighted by Gasteiger charge is 2.34. The van der Waals surface area contributed by atoms with Crippen LogP contribution in [0, 0.1) is 5.92 Å². The van der Waals surface area contributed by atoms with Crippen molar-refractivity contribution in [3.63, 3.8) is 0 Å². The molecule has 1 aromatic rings. The van der Waals surface area contributed by atoms with Crippen LogP contribution in [0.5, 0.6) is 0 Å². The molecule has 2 aliphatic rings. The van der Waals surface area contributed by atoms with Gasteiger partial charge < -0.3 is 34.8 Å². The lowest BCUT2D eigenvalue weighted by Gasteiger charge is -2.19. The third-order valence-electron chi connectivity index (χ3n) is 6.36. The van der Waals surface area contributed by atoms with E-state index >= 15 is 0 Å². The van der Waals surface area contributed by atoms with E-state index in [0.29, 0.717) is 11.4 Å². The Bertz CT molecular complexity index is 1200. The molecule has 17 heteroatoms. The van der Waals surface area contributed by atoms with Crippen LogP contribution in [0.2, 0.25) is 5.02 Å². The average Bonchev–Trinajstić information content (AvgIpc) is 3.57. The Labute approximate surface area is 254 Å². The van der Waals surface area contributed by atoms with E-state index < -0.39 is 24.3 Å². The summed E-state index contributed by atoms with van der Waals surface area (Å²) in [5.74, 6) is -4.68. The number of hydrogen-bond donors (Lipinski definition) is 3. The quantitative estimate of drug-likeness (QED) is 0.233. The maximum absolute atomic E-state index is 12.9. The molecule has 1 unspecified atom stereocenters. The molecule has 246 valence electrons. The van der Waals surface area contributed by atoms with Crippen LogP contribution >= 0.6 is 11.6 Å². The molecular weight excluding hydrogens is 626 g/mol. The lowest BCUT2D eigenvalue weighted by molar-refractivity contribution is -0.867. The van der Waals surface area contributed by atoms with Gasteiger partial charge in [0.1, 0.15) is 23.8 Å². The Balaban J connectivity index is 0.000000574. The van der Waals surface area contributed by atoms with Gasteiger partial charge in [-0.15, -0.1) is 0 Å². The summed E-state index contributed by atoms with van der Waals surface area (Å²) in [7, 11) is 2.13. The van der Waals surface area contributed by atoms with Crippen LogP contribution in [0.4, 0.5) is 26.3 Å². The van der Waals surface area contributed by atoms with Gasteiger partial charge in [0.05, 0.1) is 32.3 Å². The third-order valence-corrected chi connectivity index (χ3v) is 6.59. The van der Waals surface area contributed by atoms with Crippen molar-refractivity contribution < 1.29 is 66.0 Å². The minimum absolute atomic E-state index is 0.0765. The summed E-state index contributed by atoms with van der Waals surface area (Å²) in [6, 6.07) is 7.61. The van der Waals surface area contributed by atoms with Crippen LogP contribution in [0.1, 0.15) is 51.0 Å². The van der Waals surface area contributed by atoms with E-state index in [9.17, 15) is 35.9 Å². The zero-order chi connectivity index (χ0) is 33.7. The number of Topliss-reactive ketones (excluding diaryl/α,β-unsaturated/α-hetero) is 1. The molecule has 1 fully saturated rings. The number of aliphatic carboxylic acids is 2. The molecule has 0 saturated carbocycles. The lowest BCUT2D eigenvalue weighted by Crippen LogP contribution is -3.07. The fourth-order valence-corrected chi connectivity index (χ4v) is 4.34. The number of benzene rings is 1. The number of ketones is 1. The Morgan fingerprint density at radius 3 is 2.14 bits per heavy atom. The molecule has 0 radical (unpaired) electrons. The topological polar surface area (TPSA) is 160 Å². The molecule has 2 heterocycles. The van der Waals surface area contributed by atoms with Crippen molar-refractivity contribution >= 4 is 46.8 Å². The number of quaternary nitrogens is 2. The van der Waals surface area contributed by atoms with Gasteiger partial charge in [0.15, 0.2) is 5.70 Å². The fourth-order valence-electron chi connectivity index (χ4n) is 4.15. The van der Waals surface area contributed by atoms with Gasteiger partial charge in [0, 0.05) is 23.4 Å². The number of amidine groups is 1. The number of carbonyl (C=O) groups is 4. The third kappa shape index (κ3) is 14.8. The highest BCUT2D eigenvalue weighted by Crippen LogP contribution is 2.17. The monoisotopic (exact) mass is 658 g/mol. The summed E-state index contributed by atoms with van der Waals surface area (Å²) in [6.07, 6.45) is -3.33. The Morgan fingerprint density at radius 1 is 1.07 bits per heavy atom. The maximum Gasteiger partial charge on any atom is 0.430 e. The molecule has 1 saturated heterocycles. The van der Waals surface area contributed by atoms with E-state index in [1.807, 2.05) is 30.5 Å². The Morgan fingerprint density at radius 2 is 1.66 bits per heavy atom. The highest BCUT2D eigenvalue weighted by atomic mass is 35.5. The van der Waals surface area contributed by atoms with Crippen LogP contribution in [0.15, 0.2) is 35.5 Å². The number of nitrogens with two attached hydrogens (primary N) is 1. The van der Waals surface area contributed by atoms with Gasteiger partial charge in [-0.05, 0) is 38.0 Å². The number of carbonyl (C=O) groups excluding carboxylic acids is 4. The smallest absolute Gasteiger partial charge is 0.430 e. The first-order chi connectivity index (χ1) is 20.3. The number of rotatable bonds is 10. The molecule has 3 atom stereocenters. The number of carboxylic acid groups (broad SMARTS) is 2. The zero-order valence-electron chi connectivity index (χ0n) is 23.8. The van der Waals surface area contributed by atoms with E-state index in [1.54, 1.807) is 6.92 Å². The number of nitrogens with zero attached hydrogens (tertiary/aromatic N) is 1. The second-order valence-electron chi connectivity index (χ2n) is 10.1. The van der Waals surface area contributed by atoms with Crippen molar-refractivity contribution in [2.75, 3.05) is 20.1 Å². The maximum atomic E-state index is 12.9. The number of amides is 1. The van der Waals surface area contributed by atoms with Gasteiger partial charge in [0.25, 0.3) is 0 Å². The van der Waals surface area contributed by atoms with Gasteiger partial charge in [-0.3, -0.25) is 10.1 Å². The zero-order valence-corrected chi connectivity index (χ0v) is 24.6. The van der Waals surface area contributed by atoms with Gasteiger partial charge >= 0.3 is 12.4 Å². The summed E-state index contributed by atoms with van der Waals surface area (Å²) in [5.41, 5.74) is 2.03. The van der Waals surface area contributed by atoms with Gasteiger partial charge in [0.2, 0.25) is 11.7 Å². The van der Waals surface area contributed by atoms with Gasteiger partial charge in [-0.25, -0.2) is 4.99 Å². The number of hydrogen-bond acceptors (Lipinski definition) is 7. The molecule has 0 bridgehead atoms. The largest absolute Gasteiger partial charge is 0.542 e. The number of unbranched alkanes of at least 4 members (excludes halogenated alkanes) is 2. The van der Waals surface area contributed by atoms with Crippen LogP contribution in [0.25, 0.3) is 5.70 Å². The molecule has 2 aliphatic heterocycles. The number of aliphatic imine (C=N–C) groups is 1.